The number of hydrogen-bond acceptors (Lipinski definition) is 3. The molecule has 84 valence electrons. The van der Waals surface area contributed by atoms with Crippen LogP contribution in [0.2, 0.25) is 0 Å². The van der Waals surface area contributed by atoms with Crippen LogP contribution in [0.4, 0.5) is 0 Å². The molecule has 3 N–H and O–H groups in total. The lowest BCUT2D eigenvalue weighted by atomic mass is 10.1. The van der Waals surface area contributed by atoms with Crippen LogP contribution >= 0.6 is 0 Å². The number of ether oxygens (including phenoxy) is 1. The average molecular weight is 216 g/mol. The van der Waals surface area contributed by atoms with Crippen LogP contribution in [0.1, 0.15) is 12.5 Å². The molecule has 0 bridgehead atoms. The van der Waals surface area contributed by atoms with E-state index in [-0.39, 0.29) is 0 Å². The predicted octanol–water partition coefficient (Wildman–Crippen LogP) is 1.88. The second-order valence-corrected chi connectivity index (χ2v) is 4.01. The topological polar surface area (TPSA) is 47.3 Å². The molecule has 1 aliphatic heterocycles. The van der Waals surface area contributed by atoms with Crippen molar-refractivity contribution in [3.8, 4) is 0 Å². The van der Waals surface area contributed by atoms with E-state index >= 15 is 0 Å². The Bertz CT molecular complexity index is 407. The van der Waals surface area contributed by atoms with Crippen LogP contribution in [-0.2, 0) is 11.3 Å². The summed E-state index contributed by atoms with van der Waals surface area (Å²) in [7, 11) is 0. The Hall–Kier alpha value is -1.74. The summed E-state index contributed by atoms with van der Waals surface area (Å²) < 4.78 is 5.71. The monoisotopic (exact) mass is 216 g/mol. The van der Waals surface area contributed by atoms with Crippen molar-refractivity contribution in [1.82, 2.24) is 5.32 Å². The van der Waals surface area contributed by atoms with Gasteiger partial charge >= 0.3 is 0 Å². The van der Waals surface area contributed by atoms with Crippen LogP contribution in [0.25, 0.3) is 0 Å². The smallest absolute Gasteiger partial charge is 0.141 e. The van der Waals surface area contributed by atoms with Gasteiger partial charge in [0.25, 0.3) is 0 Å². The zero-order chi connectivity index (χ0) is 11.4. The SMILES string of the molecule is CC1(N)NC=CC=C1OCc1ccccc1. The number of rotatable bonds is 3. The van der Waals surface area contributed by atoms with Crippen molar-refractivity contribution < 1.29 is 4.74 Å². The molecule has 0 spiro atoms. The van der Waals surface area contributed by atoms with Gasteiger partial charge in [-0.2, -0.15) is 0 Å². The van der Waals surface area contributed by atoms with E-state index in [2.05, 4.69) is 5.32 Å². The zero-order valence-electron chi connectivity index (χ0n) is 9.31. The largest absolute Gasteiger partial charge is 0.489 e. The molecule has 1 atom stereocenters. The van der Waals surface area contributed by atoms with Gasteiger partial charge in [-0.15, -0.1) is 0 Å². The lowest BCUT2D eigenvalue weighted by molar-refractivity contribution is 0.147. The standard InChI is InChI=1S/C13H16N2O/c1-13(14)12(8-5-9-15-13)16-10-11-6-3-2-4-7-11/h2-9,15H,10,14H2,1H3. The summed E-state index contributed by atoms with van der Waals surface area (Å²) in [6.07, 6.45) is 5.59. The molecular formula is C13H16N2O. The van der Waals surface area contributed by atoms with Gasteiger partial charge in [0.1, 0.15) is 18.0 Å². The summed E-state index contributed by atoms with van der Waals surface area (Å²) in [6.45, 7) is 2.42. The molecule has 0 amide bonds. The first kappa shape index (κ1) is 10.8. The molecule has 0 radical (unpaired) electrons. The number of nitrogens with two attached hydrogens (primary N) is 1. The lowest BCUT2D eigenvalue weighted by Gasteiger charge is -2.30. The third-order valence-corrected chi connectivity index (χ3v) is 2.48. The maximum atomic E-state index is 6.03. The van der Waals surface area contributed by atoms with Crippen molar-refractivity contribution in [2.45, 2.75) is 19.2 Å². The molecule has 16 heavy (non-hydrogen) atoms. The minimum atomic E-state index is -0.621. The first-order chi connectivity index (χ1) is 7.68. The molecule has 0 fully saturated rings. The van der Waals surface area contributed by atoms with Gasteiger partial charge < -0.3 is 15.8 Å². The normalized spacial score (nSPS) is 23.5. The van der Waals surface area contributed by atoms with Crippen LogP contribution < -0.4 is 11.1 Å². The Morgan fingerprint density at radius 1 is 1.31 bits per heavy atom. The highest BCUT2D eigenvalue weighted by Crippen LogP contribution is 2.17. The van der Waals surface area contributed by atoms with Crippen LogP contribution in [0, 0.1) is 0 Å². The van der Waals surface area contributed by atoms with Crippen molar-refractivity contribution in [3.63, 3.8) is 0 Å². The van der Waals surface area contributed by atoms with E-state index in [1.54, 1.807) is 0 Å². The molecule has 0 saturated carbocycles. The lowest BCUT2D eigenvalue weighted by Crippen LogP contribution is -2.51. The van der Waals surface area contributed by atoms with E-state index in [0.717, 1.165) is 11.3 Å². The molecule has 0 saturated heterocycles. The summed E-state index contributed by atoms with van der Waals surface area (Å²) in [4.78, 5) is 0. The molecular weight excluding hydrogens is 200 g/mol. The van der Waals surface area contributed by atoms with Crippen molar-refractivity contribution in [1.29, 1.82) is 0 Å². The zero-order valence-corrected chi connectivity index (χ0v) is 9.31. The number of nitrogens with one attached hydrogen (secondary N) is 1. The molecule has 3 nitrogen and oxygen atoms in total. The highest BCUT2D eigenvalue weighted by atomic mass is 16.5. The third-order valence-electron chi connectivity index (χ3n) is 2.48. The van der Waals surface area contributed by atoms with E-state index in [9.17, 15) is 0 Å². The Morgan fingerprint density at radius 3 is 2.75 bits per heavy atom. The number of dihydropyridines is 1. The average Bonchev–Trinajstić information content (AvgIpc) is 2.28. The third kappa shape index (κ3) is 2.44. The Morgan fingerprint density at radius 2 is 2.06 bits per heavy atom. The fourth-order valence-electron chi connectivity index (χ4n) is 1.53. The molecule has 0 aromatic heterocycles. The van der Waals surface area contributed by atoms with E-state index < -0.39 is 5.66 Å². The van der Waals surface area contributed by atoms with Gasteiger partial charge in [-0.3, -0.25) is 0 Å². The maximum Gasteiger partial charge on any atom is 0.141 e. The molecule has 1 aromatic rings. The summed E-state index contributed by atoms with van der Waals surface area (Å²) >= 11 is 0. The van der Waals surface area contributed by atoms with Crippen LogP contribution in [0.15, 0.2) is 54.4 Å². The first-order valence-electron chi connectivity index (χ1n) is 5.29. The van der Waals surface area contributed by atoms with Crippen LogP contribution in [0.3, 0.4) is 0 Å². The van der Waals surface area contributed by atoms with E-state index in [1.165, 1.54) is 0 Å². The quantitative estimate of drug-likeness (QED) is 0.811. The van der Waals surface area contributed by atoms with Crippen LogP contribution in [-0.4, -0.2) is 5.66 Å². The fraction of sp³-hybridized carbons (Fsp3) is 0.231. The Balaban J connectivity index is 2.00. The molecule has 0 aliphatic carbocycles. The van der Waals surface area contributed by atoms with Crippen molar-refractivity contribution in [3.05, 3.63) is 60.0 Å². The number of hydrogen-bond donors (Lipinski definition) is 2. The van der Waals surface area contributed by atoms with Gasteiger partial charge in [0.2, 0.25) is 0 Å². The fourth-order valence-corrected chi connectivity index (χ4v) is 1.53. The van der Waals surface area contributed by atoms with E-state index in [0.29, 0.717) is 6.61 Å². The molecule has 3 heteroatoms. The van der Waals surface area contributed by atoms with Gasteiger partial charge in [-0.05, 0) is 30.8 Å². The number of allylic oxidation sites excluding steroid dienone is 2. The highest BCUT2D eigenvalue weighted by molar-refractivity contribution is 5.23. The van der Waals surface area contributed by atoms with Gasteiger partial charge in [0, 0.05) is 0 Å². The minimum absolute atomic E-state index is 0.537. The van der Waals surface area contributed by atoms with Crippen molar-refractivity contribution >= 4 is 0 Å². The van der Waals surface area contributed by atoms with Gasteiger partial charge in [0.15, 0.2) is 0 Å². The summed E-state index contributed by atoms with van der Waals surface area (Å²) in [6, 6.07) is 10.0. The second-order valence-electron chi connectivity index (χ2n) is 4.01. The van der Waals surface area contributed by atoms with E-state index in [4.69, 9.17) is 10.5 Å². The summed E-state index contributed by atoms with van der Waals surface area (Å²) in [5, 5.41) is 3.05. The minimum Gasteiger partial charge on any atom is -0.489 e. The maximum absolute atomic E-state index is 6.03. The second kappa shape index (κ2) is 4.41. The Labute approximate surface area is 95.6 Å². The van der Waals surface area contributed by atoms with Gasteiger partial charge in [-0.25, -0.2) is 0 Å². The highest BCUT2D eigenvalue weighted by Gasteiger charge is 2.25. The van der Waals surface area contributed by atoms with Crippen LogP contribution in [0.5, 0.6) is 0 Å². The summed E-state index contributed by atoms with van der Waals surface area (Å²) in [5.41, 5.74) is 6.54. The molecule has 1 unspecified atom stereocenters. The van der Waals surface area contributed by atoms with Gasteiger partial charge in [-0.1, -0.05) is 30.3 Å². The predicted molar refractivity (Wildman–Crippen MR) is 64.2 cm³/mol. The molecule has 1 aliphatic rings. The van der Waals surface area contributed by atoms with E-state index in [1.807, 2.05) is 55.6 Å². The molecule has 2 rings (SSSR count). The Kier molecular flexibility index (Phi) is 2.97. The van der Waals surface area contributed by atoms with Gasteiger partial charge in [0.05, 0.1) is 0 Å². The van der Waals surface area contributed by atoms with Crippen molar-refractivity contribution in [2.75, 3.05) is 0 Å². The molecule has 1 aromatic carbocycles. The molecule has 1 heterocycles. The first-order valence-corrected chi connectivity index (χ1v) is 5.29. The number of benzene rings is 1. The van der Waals surface area contributed by atoms with Crippen molar-refractivity contribution in [2.24, 2.45) is 5.73 Å². The summed E-state index contributed by atoms with van der Waals surface area (Å²) in [5.74, 6) is 0.749.